The van der Waals surface area contributed by atoms with Crippen LogP contribution in [-0.2, 0) is 11.8 Å². The molecule has 3 rings (SSSR count). The number of hydrogen-bond acceptors (Lipinski definition) is 7. The number of carbonyl (C=O) groups excluding carboxylic acids is 1. The van der Waals surface area contributed by atoms with Gasteiger partial charge in [0.05, 0.1) is 22.5 Å². The molecule has 0 saturated heterocycles. The van der Waals surface area contributed by atoms with Crippen molar-refractivity contribution < 1.29 is 14.1 Å². The first-order valence-corrected chi connectivity index (χ1v) is 9.03. The van der Waals surface area contributed by atoms with Crippen LogP contribution in [0, 0.1) is 17.0 Å². The number of thioether (sulfide) groups is 1. The van der Waals surface area contributed by atoms with Gasteiger partial charge in [0, 0.05) is 18.1 Å². The maximum Gasteiger partial charge on any atom is 0.294 e. The van der Waals surface area contributed by atoms with Crippen LogP contribution in [0.3, 0.4) is 0 Å². The summed E-state index contributed by atoms with van der Waals surface area (Å²) < 4.78 is 7.02. The van der Waals surface area contributed by atoms with Crippen molar-refractivity contribution in [2.24, 2.45) is 7.05 Å². The minimum Gasteiger partial charge on any atom is -0.469 e. The highest BCUT2D eigenvalue weighted by Crippen LogP contribution is 2.29. The SMILES string of the molecule is Cc1occc1-c1nnc(SCC(=O)Nc2ccc(Cl)cc2[N+](=O)[O-])n1C. The molecule has 0 radical (unpaired) electrons. The first-order valence-electron chi connectivity index (χ1n) is 7.67. The minimum atomic E-state index is -0.600. The summed E-state index contributed by atoms with van der Waals surface area (Å²) in [6.07, 6.45) is 1.57. The Labute approximate surface area is 162 Å². The smallest absolute Gasteiger partial charge is 0.294 e. The molecule has 1 amide bonds. The third-order valence-corrected chi connectivity index (χ3v) is 4.95. The fourth-order valence-electron chi connectivity index (χ4n) is 2.37. The Morgan fingerprint density at radius 2 is 2.19 bits per heavy atom. The maximum absolute atomic E-state index is 12.2. The summed E-state index contributed by atoms with van der Waals surface area (Å²) >= 11 is 6.93. The van der Waals surface area contributed by atoms with Crippen LogP contribution < -0.4 is 5.32 Å². The lowest BCUT2D eigenvalue weighted by Gasteiger charge is -2.06. The van der Waals surface area contributed by atoms with Gasteiger partial charge in [-0.2, -0.15) is 0 Å². The van der Waals surface area contributed by atoms with Gasteiger partial charge in [-0.25, -0.2) is 0 Å². The molecule has 0 aliphatic rings. The molecule has 1 aromatic carbocycles. The normalized spacial score (nSPS) is 10.8. The van der Waals surface area contributed by atoms with E-state index in [1.165, 1.54) is 30.0 Å². The molecule has 1 N–H and O–H groups in total. The van der Waals surface area contributed by atoms with E-state index in [1.807, 2.05) is 6.92 Å². The Hall–Kier alpha value is -2.85. The van der Waals surface area contributed by atoms with E-state index in [0.29, 0.717) is 11.0 Å². The molecule has 2 aromatic heterocycles. The van der Waals surface area contributed by atoms with Crippen LogP contribution >= 0.6 is 23.4 Å². The number of furan rings is 1. The largest absolute Gasteiger partial charge is 0.469 e. The Bertz CT molecular complexity index is 1020. The second-order valence-electron chi connectivity index (χ2n) is 5.51. The average Bonchev–Trinajstić information content (AvgIpc) is 3.20. The predicted molar refractivity (Wildman–Crippen MR) is 101 cm³/mol. The van der Waals surface area contributed by atoms with E-state index in [2.05, 4.69) is 15.5 Å². The summed E-state index contributed by atoms with van der Waals surface area (Å²) in [5.41, 5.74) is 0.637. The van der Waals surface area contributed by atoms with Crippen LogP contribution in [0.4, 0.5) is 11.4 Å². The summed E-state index contributed by atoms with van der Waals surface area (Å²) in [5, 5.41) is 22.6. The molecule has 0 atom stereocenters. The lowest BCUT2D eigenvalue weighted by Crippen LogP contribution is -2.15. The van der Waals surface area contributed by atoms with Gasteiger partial charge in [-0.3, -0.25) is 14.9 Å². The fraction of sp³-hybridized carbons (Fsp3) is 0.188. The Morgan fingerprint density at radius 1 is 1.41 bits per heavy atom. The van der Waals surface area contributed by atoms with E-state index >= 15 is 0 Å². The number of halogens is 1. The first-order chi connectivity index (χ1) is 12.9. The van der Waals surface area contributed by atoms with Gasteiger partial charge in [0.2, 0.25) is 5.91 Å². The molecule has 0 spiro atoms. The molecule has 27 heavy (non-hydrogen) atoms. The molecule has 3 aromatic rings. The third-order valence-electron chi connectivity index (χ3n) is 3.70. The number of carbonyl (C=O) groups is 1. The molecule has 0 fully saturated rings. The number of hydrogen-bond donors (Lipinski definition) is 1. The topological polar surface area (TPSA) is 116 Å². The van der Waals surface area contributed by atoms with E-state index in [4.69, 9.17) is 16.0 Å². The summed E-state index contributed by atoms with van der Waals surface area (Å²) in [4.78, 5) is 22.7. The molecular formula is C16H14ClN5O4S. The van der Waals surface area contributed by atoms with Gasteiger partial charge in [-0.05, 0) is 25.1 Å². The molecule has 0 bridgehead atoms. The molecule has 2 heterocycles. The lowest BCUT2D eigenvalue weighted by molar-refractivity contribution is -0.383. The van der Waals surface area contributed by atoms with Gasteiger partial charge in [0.25, 0.3) is 5.69 Å². The van der Waals surface area contributed by atoms with Gasteiger partial charge in [-0.15, -0.1) is 10.2 Å². The Morgan fingerprint density at radius 3 is 2.85 bits per heavy atom. The highest BCUT2D eigenvalue weighted by Gasteiger charge is 2.18. The fourth-order valence-corrected chi connectivity index (χ4v) is 3.25. The number of benzene rings is 1. The van der Waals surface area contributed by atoms with Crippen molar-refractivity contribution in [3.63, 3.8) is 0 Å². The summed E-state index contributed by atoms with van der Waals surface area (Å²) in [5.74, 6) is 0.942. The highest BCUT2D eigenvalue weighted by atomic mass is 35.5. The van der Waals surface area contributed by atoms with Crippen LogP contribution in [0.1, 0.15) is 5.76 Å². The van der Waals surface area contributed by atoms with E-state index in [1.54, 1.807) is 23.9 Å². The van der Waals surface area contributed by atoms with E-state index in [9.17, 15) is 14.9 Å². The van der Waals surface area contributed by atoms with Gasteiger partial charge < -0.3 is 14.3 Å². The number of amides is 1. The number of nitrogens with one attached hydrogen (secondary N) is 1. The maximum atomic E-state index is 12.2. The monoisotopic (exact) mass is 407 g/mol. The van der Waals surface area contributed by atoms with Gasteiger partial charge in [0.15, 0.2) is 11.0 Å². The van der Waals surface area contributed by atoms with E-state index in [-0.39, 0.29) is 22.2 Å². The number of aryl methyl sites for hydroxylation is 1. The molecule has 0 aliphatic heterocycles. The van der Waals surface area contributed by atoms with Crippen LogP contribution in [0.5, 0.6) is 0 Å². The number of anilines is 1. The number of rotatable bonds is 6. The molecule has 9 nitrogen and oxygen atoms in total. The molecule has 0 saturated carbocycles. The van der Waals surface area contributed by atoms with E-state index in [0.717, 1.165) is 11.3 Å². The molecule has 0 aliphatic carbocycles. The lowest BCUT2D eigenvalue weighted by atomic mass is 10.2. The Kier molecular flexibility index (Phi) is 5.47. The number of aromatic nitrogens is 3. The predicted octanol–water partition coefficient (Wildman–Crippen LogP) is 3.68. The molecular weight excluding hydrogens is 394 g/mol. The van der Waals surface area contributed by atoms with Crippen LogP contribution in [-0.4, -0.2) is 31.3 Å². The van der Waals surface area contributed by atoms with Gasteiger partial charge in [0.1, 0.15) is 11.4 Å². The van der Waals surface area contributed by atoms with Crippen molar-refractivity contribution in [2.45, 2.75) is 12.1 Å². The van der Waals surface area contributed by atoms with Crippen LogP contribution in [0.25, 0.3) is 11.4 Å². The zero-order valence-corrected chi connectivity index (χ0v) is 15.9. The highest BCUT2D eigenvalue weighted by molar-refractivity contribution is 7.99. The first kappa shape index (κ1) is 18.9. The van der Waals surface area contributed by atoms with Crippen LogP contribution in [0.15, 0.2) is 40.1 Å². The molecule has 140 valence electrons. The van der Waals surface area contributed by atoms with E-state index < -0.39 is 10.8 Å². The summed E-state index contributed by atoms with van der Waals surface area (Å²) in [6, 6.07) is 5.84. The summed E-state index contributed by atoms with van der Waals surface area (Å²) in [6.45, 7) is 1.82. The zero-order chi connectivity index (χ0) is 19.6. The second kappa shape index (κ2) is 7.80. The van der Waals surface area contributed by atoms with Gasteiger partial charge >= 0.3 is 0 Å². The van der Waals surface area contributed by atoms with Crippen LogP contribution in [0.2, 0.25) is 5.02 Å². The van der Waals surface area contributed by atoms with Crippen molar-refractivity contribution in [1.29, 1.82) is 0 Å². The van der Waals surface area contributed by atoms with Crippen molar-refractivity contribution >= 4 is 40.6 Å². The van der Waals surface area contributed by atoms with Gasteiger partial charge in [-0.1, -0.05) is 23.4 Å². The van der Waals surface area contributed by atoms with Crippen molar-refractivity contribution in [1.82, 2.24) is 14.8 Å². The number of nitro groups is 1. The quantitative estimate of drug-likeness (QED) is 0.376. The third kappa shape index (κ3) is 4.12. The molecule has 11 heteroatoms. The average molecular weight is 408 g/mol. The minimum absolute atomic E-state index is 0.0100. The molecule has 0 unspecified atom stereocenters. The second-order valence-corrected chi connectivity index (χ2v) is 6.89. The van der Waals surface area contributed by atoms with Crippen molar-refractivity contribution in [2.75, 3.05) is 11.1 Å². The van der Waals surface area contributed by atoms with Crippen molar-refractivity contribution in [3.05, 3.63) is 51.4 Å². The Balaban J connectivity index is 1.68. The van der Waals surface area contributed by atoms with Crippen molar-refractivity contribution in [3.8, 4) is 11.4 Å². The number of nitro benzene ring substituents is 1. The zero-order valence-electron chi connectivity index (χ0n) is 14.3. The number of nitrogens with zero attached hydrogens (tertiary/aromatic N) is 4. The summed E-state index contributed by atoms with van der Waals surface area (Å²) in [7, 11) is 1.78. The standard InChI is InChI=1S/C16H14ClN5O4S/c1-9-11(5-6-26-9)15-19-20-16(21(15)2)27-8-14(23)18-12-4-3-10(17)7-13(12)22(24)25/h3-7H,8H2,1-2H3,(H,18,23).